The molecule has 5 rings (SSSR count). The molecule has 1 amide bonds. The number of benzene rings is 2. The maximum atomic E-state index is 12.6. The fourth-order valence-electron chi connectivity index (χ4n) is 3.90. The molecule has 3 heterocycles. The summed E-state index contributed by atoms with van der Waals surface area (Å²) >= 11 is 0. The lowest BCUT2D eigenvalue weighted by Crippen LogP contribution is -2.38. The summed E-state index contributed by atoms with van der Waals surface area (Å²) in [6, 6.07) is 15.9. The van der Waals surface area contributed by atoms with E-state index in [0.29, 0.717) is 24.7 Å². The van der Waals surface area contributed by atoms with E-state index >= 15 is 0 Å². The quantitative estimate of drug-likeness (QED) is 0.610. The van der Waals surface area contributed by atoms with Crippen molar-refractivity contribution in [3.63, 3.8) is 0 Å². The Kier molecular flexibility index (Phi) is 4.86. The van der Waals surface area contributed by atoms with Gasteiger partial charge in [0.25, 0.3) is 5.91 Å². The average Bonchev–Trinajstić information content (AvgIpc) is 3.33. The number of hydrogen-bond acceptors (Lipinski definition) is 4. The molecule has 0 aliphatic carbocycles. The molecule has 0 fully saturated rings. The first kappa shape index (κ1) is 19.8. The van der Waals surface area contributed by atoms with E-state index in [1.165, 1.54) is 5.06 Å². The molecule has 0 saturated carbocycles. The van der Waals surface area contributed by atoms with Crippen LogP contribution >= 0.6 is 0 Å². The smallest absolute Gasteiger partial charge is 0.282 e. The van der Waals surface area contributed by atoms with Crippen LogP contribution in [0.5, 0.6) is 5.75 Å². The van der Waals surface area contributed by atoms with Crippen LogP contribution in [-0.4, -0.2) is 33.8 Å². The number of aromatic nitrogens is 1. The number of aryl methyl sites for hydroxylation is 1. The first-order valence-corrected chi connectivity index (χ1v) is 10.4. The topological polar surface area (TPSA) is 79.9 Å². The number of amides is 1. The standard InChI is InChI=1S/C25H22N4O3/c1-16-7-3-6-10-22(16)31-12-11-28-15-18(19-8-4-5-9-21(19)28)14-20-24(26)29-23(27-25(20)30)13-17(2)32-29/h3-10,13-15,26H,11-12H2,1-2H3/b20-14+,26-24?. The van der Waals surface area contributed by atoms with Gasteiger partial charge in [-0.2, -0.15) is 4.99 Å². The second kappa shape index (κ2) is 7.85. The normalized spacial score (nSPS) is 16.8. The minimum absolute atomic E-state index is 0.0205. The number of aliphatic imine (C=N–C) groups is 1. The van der Waals surface area contributed by atoms with Gasteiger partial charge in [0.2, 0.25) is 0 Å². The summed E-state index contributed by atoms with van der Waals surface area (Å²) in [4.78, 5) is 22.2. The molecule has 2 aliphatic heterocycles. The summed E-state index contributed by atoms with van der Waals surface area (Å²) in [7, 11) is 0. The lowest BCUT2D eigenvalue weighted by atomic mass is 10.1. The first-order chi connectivity index (χ1) is 15.5. The van der Waals surface area contributed by atoms with Crippen LogP contribution in [0, 0.1) is 12.3 Å². The Bertz CT molecular complexity index is 1350. The van der Waals surface area contributed by atoms with Crippen molar-refractivity contribution in [3.05, 3.63) is 83.3 Å². The minimum Gasteiger partial charge on any atom is -0.491 e. The zero-order valence-electron chi connectivity index (χ0n) is 17.8. The number of fused-ring (bicyclic) bond motifs is 2. The van der Waals surface area contributed by atoms with E-state index in [9.17, 15) is 4.79 Å². The second-order valence-electron chi connectivity index (χ2n) is 7.73. The van der Waals surface area contributed by atoms with Crippen LogP contribution in [-0.2, 0) is 16.2 Å². The van der Waals surface area contributed by atoms with Crippen molar-refractivity contribution in [3.8, 4) is 5.75 Å². The number of rotatable bonds is 5. The SMILES string of the molecule is CC1=CC2=NC(=O)/C(=C/c3cn(CCOc4ccccc4C)c4ccccc34)C(=N)N2O1. The van der Waals surface area contributed by atoms with Gasteiger partial charge in [0.15, 0.2) is 11.7 Å². The molecule has 0 radical (unpaired) electrons. The molecule has 2 aromatic carbocycles. The highest BCUT2D eigenvalue weighted by Crippen LogP contribution is 2.28. The third kappa shape index (κ3) is 3.47. The third-order valence-corrected chi connectivity index (χ3v) is 5.48. The lowest BCUT2D eigenvalue weighted by molar-refractivity contribution is -0.114. The molecule has 0 unspecified atom stereocenters. The number of allylic oxidation sites excluding steroid dienone is 1. The highest BCUT2D eigenvalue weighted by molar-refractivity contribution is 6.32. The summed E-state index contributed by atoms with van der Waals surface area (Å²) in [6.07, 6.45) is 5.33. The fraction of sp³-hybridized carbons (Fsp3) is 0.160. The molecule has 2 aliphatic rings. The van der Waals surface area contributed by atoms with Crippen LogP contribution in [0.4, 0.5) is 0 Å². The van der Waals surface area contributed by atoms with Gasteiger partial charge < -0.3 is 14.1 Å². The van der Waals surface area contributed by atoms with Crippen molar-refractivity contribution in [2.45, 2.75) is 20.4 Å². The summed E-state index contributed by atoms with van der Waals surface area (Å²) in [5, 5.41) is 10.7. The molecule has 32 heavy (non-hydrogen) atoms. The maximum Gasteiger partial charge on any atom is 0.282 e. The van der Waals surface area contributed by atoms with Crippen LogP contribution in [0.15, 0.2) is 77.1 Å². The molecule has 0 spiro atoms. The fourth-order valence-corrected chi connectivity index (χ4v) is 3.90. The Labute approximate surface area is 185 Å². The van der Waals surface area contributed by atoms with Gasteiger partial charge in [-0.15, -0.1) is 5.06 Å². The van der Waals surface area contributed by atoms with Gasteiger partial charge in [-0.25, -0.2) is 0 Å². The Hall–Kier alpha value is -4.13. The van der Waals surface area contributed by atoms with E-state index in [-0.39, 0.29) is 11.4 Å². The van der Waals surface area contributed by atoms with Crippen molar-refractivity contribution >= 4 is 34.6 Å². The van der Waals surface area contributed by atoms with E-state index in [1.807, 2.05) is 61.7 Å². The van der Waals surface area contributed by atoms with Crippen molar-refractivity contribution in [1.82, 2.24) is 9.63 Å². The van der Waals surface area contributed by atoms with Crippen LogP contribution in [0.2, 0.25) is 0 Å². The molecule has 0 atom stereocenters. The van der Waals surface area contributed by atoms with Crippen LogP contribution in [0.3, 0.4) is 0 Å². The maximum absolute atomic E-state index is 12.6. The van der Waals surface area contributed by atoms with E-state index in [1.54, 1.807) is 19.1 Å². The van der Waals surface area contributed by atoms with Gasteiger partial charge in [-0.05, 0) is 37.6 Å². The van der Waals surface area contributed by atoms with Crippen molar-refractivity contribution in [2.24, 2.45) is 4.99 Å². The number of nitrogens with one attached hydrogen (secondary N) is 1. The van der Waals surface area contributed by atoms with Gasteiger partial charge in [0.05, 0.1) is 12.1 Å². The molecular formula is C25H22N4O3. The Morgan fingerprint density at radius 2 is 1.91 bits per heavy atom. The summed E-state index contributed by atoms with van der Waals surface area (Å²) in [5.41, 5.74) is 3.16. The van der Waals surface area contributed by atoms with Gasteiger partial charge >= 0.3 is 0 Å². The van der Waals surface area contributed by atoms with E-state index in [0.717, 1.165) is 27.8 Å². The largest absolute Gasteiger partial charge is 0.491 e. The summed E-state index contributed by atoms with van der Waals surface area (Å²) < 4.78 is 8.07. The number of ether oxygens (including phenoxy) is 1. The highest BCUT2D eigenvalue weighted by Gasteiger charge is 2.34. The van der Waals surface area contributed by atoms with Gasteiger partial charge in [0, 0.05) is 28.7 Å². The van der Waals surface area contributed by atoms with Crippen molar-refractivity contribution in [1.29, 1.82) is 5.41 Å². The molecular weight excluding hydrogens is 404 g/mol. The Morgan fingerprint density at radius 3 is 2.75 bits per heavy atom. The average molecular weight is 426 g/mol. The number of hydrogen-bond donors (Lipinski definition) is 1. The number of carbonyl (C=O) groups is 1. The van der Waals surface area contributed by atoms with Gasteiger partial charge in [-0.1, -0.05) is 36.4 Å². The predicted molar refractivity (Wildman–Crippen MR) is 123 cm³/mol. The monoisotopic (exact) mass is 426 g/mol. The summed E-state index contributed by atoms with van der Waals surface area (Å²) in [5.74, 6) is 1.33. The van der Waals surface area contributed by atoms with Gasteiger partial charge in [0.1, 0.15) is 18.1 Å². The predicted octanol–water partition coefficient (Wildman–Crippen LogP) is 4.48. The van der Waals surface area contributed by atoms with E-state index in [2.05, 4.69) is 9.56 Å². The number of hydroxylamine groups is 2. The first-order valence-electron chi connectivity index (χ1n) is 10.4. The zero-order chi connectivity index (χ0) is 22.2. The zero-order valence-corrected chi connectivity index (χ0v) is 17.8. The second-order valence-corrected chi connectivity index (χ2v) is 7.73. The molecule has 7 heteroatoms. The molecule has 1 N–H and O–H groups in total. The highest BCUT2D eigenvalue weighted by atomic mass is 16.7. The molecule has 7 nitrogen and oxygen atoms in total. The van der Waals surface area contributed by atoms with Crippen LogP contribution in [0.25, 0.3) is 17.0 Å². The Morgan fingerprint density at radius 1 is 1.12 bits per heavy atom. The molecule has 3 aromatic rings. The Balaban J connectivity index is 1.44. The lowest BCUT2D eigenvalue weighted by Gasteiger charge is -2.22. The van der Waals surface area contributed by atoms with Crippen LogP contribution in [0.1, 0.15) is 18.1 Å². The number of para-hydroxylation sites is 2. The van der Waals surface area contributed by atoms with E-state index in [4.69, 9.17) is 15.0 Å². The molecule has 1 aromatic heterocycles. The van der Waals surface area contributed by atoms with Crippen molar-refractivity contribution in [2.75, 3.05) is 6.61 Å². The van der Waals surface area contributed by atoms with Gasteiger partial charge in [-0.3, -0.25) is 10.2 Å². The number of nitrogens with zero attached hydrogens (tertiary/aromatic N) is 3. The molecule has 0 bridgehead atoms. The molecule has 160 valence electrons. The minimum atomic E-state index is -0.449. The van der Waals surface area contributed by atoms with Crippen LogP contribution < -0.4 is 4.74 Å². The van der Waals surface area contributed by atoms with E-state index < -0.39 is 5.91 Å². The third-order valence-electron chi connectivity index (χ3n) is 5.48. The number of carbonyl (C=O) groups excluding carboxylic acids is 1. The van der Waals surface area contributed by atoms with Crippen molar-refractivity contribution < 1.29 is 14.4 Å². The number of amidine groups is 2. The summed E-state index contributed by atoms with van der Waals surface area (Å²) in [6.45, 7) is 4.93. The molecule has 0 saturated heterocycles.